The van der Waals surface area contributed by atoms with Gasteiger partial charge in [0.05, 0.1) is 0 Å². The molecule has 0 aliphatic heterocycles. The van der Waals surface area contributed by atoms with Gasteiger partial charge in [0.15, 0.2) is 5.78 Å². The Labute approximate surface area is 115 Å². The van der Waals surface area contributed by atoms with E-state index in [1.165, 1.54) is 17.5 Å². The van der Waals surface area contributed by atoms with Crippen molar-refractivity contribution in [2.45, 2.75) is 32.6 Å². The van der Waals surface area contributed by atoms with Gasteiger partial charge in [0.25, 0.3) is 0 Å². The Morgan fingerprint density at radius 2 is 1.42 bits per heavy atom. The first-order valence-corrected chi connectivity index (χ1v) is 6.95. The molecule has 0 atom stereocenters. The van der Waals surface area contributed by atoms with Crippen molar-refractivity contribution >= 4 is 5.78 Å². The van der Waals surface area contributed by atoms with Gasteiger partial charge in [-0.15, -0.1) is 0 Å². The first kappa shape index (κ1) is 13.5. The molecule has 2 aromatic rings. The van der Waals surface area contributed by atoms with E-state index in [0.29, 0.717) is 6.42 Å². The number of benzene rings is 2. The quantitative estimate of drug-likeness (QED) is 0.694. The Morgan fingerprint density at radius 1 is 0.842 bits per heavy atom. The van der Waals surface area contributed by atoms with Gasteiger partial charge in [0.2, 0.25) is 0 Å². The second kappa shape index (κ2) is 6.89. The molecule has 0 aliphatic rings. The highest BCUT2D eigenvalue weighted by molar-refractivity contribution is 5.96. The van der Waals surface area contributed by atoms with E-state index in [-0.39, 0.29) is 5.78 Å². The molecule has 2 rings (SSSR count). The van der Waals surface area contributed by atoms with E-state index < -0.39 is 0 Å². The van der Waals surface area contributed by atoms with Gasteiger partial charge in [-0.05, 0) is 24.0 Å². The summed E-state index contributed by atoms with van der Waals surface area (Å²) in [6, 6.07) is 18.1. The number of carbonyl (C=O) groups is 1. The van der Waals surface area contributed by atoms with Gasteiger partial charge in [-0.25, -0.2) is 0 Å². The average Bonchev–Trinajstić information content (AvgIpc) is 2.47. The molecule has 0 unspecified atom stereocenters. The van der Waals surface area contributed by atoms with Crippen molar-refractivity contribution in [1.82, 2.24) is 0 Å². The SMILES string of the molecule is CCCc1ccc(CCC(=O)c2ccccc2)cc1. The molecular weight excluding hydrogens is 232 g/mol. The van der Waals surface area contributed by atoms with E-state index in [0.717, 1.165) is 18.4 Å². The Morgan fingerprint density at radius 3 is 2.00 bits per heavy atom. The standard InChI is InChI=1S/C18H20O/c1-2-6-15-9-11-16(12-10-15)13-14-18(19)17-7-4-3-5-8-17/h3-5,7-12H,2,6,13-14H2,1H3. The van der Waals surface area contributed by atoms with Crippen LogP contribution in [0.5, 0.6) is 0 Å². The van der Waals surface area contributed by atoms with E-state index in [2.05, 4.69) is 31.2 Å². The van der Waals surface area contributed by atoms with Crippen LogP contribution in [0, 0.1) is 0 Å². The highest BCUT2D eigenvalue weighted by atomic mass is 16.1. The topological polar surface area (TPSA) is 17.1 Å². The predicted octanol–water partition coefficient (Wildman–Crippen LogP) is 4.45. The molecule has 0 aliphatic carbocycles. The first-order chi connectivity index (χ1) is 9.29. The van der Waals surface area contributed by atoms with Crippen LogP contribution in [0.2, 0.25) is 0 Å². The van der Waals surface area contributed by atoms with Crippen LogP contribution in [-0.2, 0) is 12.8 Å². The molecule has 19 heavy (non-hydrogen) atoms. The lowest BCUT2D eigenvalue weighted by atomic mass is 10.0. The third-order valence-corrected chi connectivity index (χ3v) is 3.30. The third-order valence-electron chi connectivity index (χ3n) is 3.30. The molecule has 0 heterocycles. The number of Topliss-reactive ketones (excluding diaryl/α,β-unsaturated/α-hetero) is 1. The van der Waals surface area contributed by atoms with E-state index in [9.17, 15) is 4.79 Å². The molecule has 1 heteroatoms. The molecule has 0 aromatic heterocycles. The van der Waals surface area contributed by atoms with Crippen LogP contribution in [0.4, 0.5) is 0 Å². The Kier molecular flexibility index (Phi) is 4.91. The smallest absolute Gasteiger partial charge is 0.163 e. The fourth-order valence-electron chi connectivity index (χ4n) is 2.19. The van der Waals surface area contributed by atoms with Crippen LogP contribution in [-0.4, -0.2) is 5.78 Å². The molecule has 0 N–H and O–H groups in total. The molecule has 1 nitrogen and oxygen atoms in total. The van der Waals surface area contributed by atoms with Crippen LogP contribution in [0.1, 0.15) is 41.3 Å². The predicted molar refractivity (Wildman–Crippen MR) is 79.5 cm³/mol. The number of carbonyl (C=O) groups excluding carboxylic acids is 1. The molecule has 0 fully saturated rings. The zero-order valence-electron chi connectivity index (χ0n) is 11.4. The summed E-state index contributed by atoms with van der Waals surface area (Å²) in [4.78, 5) is 12.0. The molecule has 0 saturated carbocycles. The van der Waals surface area contributed by atoms with Gasteiger partial charge in [-0.3, -0.25) is 4.79 Å². The maximum absolute atomic E-state index is 12.0. The summed E-state index contributed by atoms with van der Waals surface area (Å²) < 4.78 is 0. The maximum Gasteiger partial charge on any atom is 0.163 e. The average molecular weight is 252 g/mol. The van der Waals surface area contributed by atoms with Gasteiger partial charge in [-0.1, -0.05) is 67.9 Å². The van der Waals surface area contributed by atoms with Crippen molar-refractivity contribution in [3.8, 4) is 0 Å². The normalized spacial score (nSPS) is 10.4. The highest BCUT2D eigenvalue weighted by Crippen LogP contribution is 2.11. The van der Waals surface area contributed by atoms with Crippen LogP contribution in [0.15, 0.2) is 54.6 Å². The molecule has 0 radical (unpaired) electrons. The molecule has 2 aromatic carbocycles. The van der Waals surface area contributed by atoms with Gasteiger partial charge in [0.1, 0.15) is 0 Å². The fourth-order valence-corrected chi connectivity index (χ4v) is 2.19. The number of hydrogen-bond donors (Lipinski definition) is 0. The first-order valence-electron chi connectivity index (χ1n) is 6.95. The van der Waals surface area contributed by atoms with Crippen LogP contribution in [0.25, 0.3) is 0 Å². The minimum Gasteiger partial charge on any atom is -0.294 e. The summed E-state index contributed by atoms with van der Waals surface area (Å²) in [7, 11) is 0. The lowest BCUT2D eigenvalue weighted by molar-refractivity contribution is 0.0983. The van der Waals surface area contributed by atoms with Crippen molar-refractivity contribution in [2.24, 2.45) is 0 Å². The largest absolute Gasteiger partial charge is 0.294 e. The minimum absolute atomic E-state index is 0.221. The lowest BCUT2D eigenvalue weighted by Gasteiger charge is -2.04. The van der Waals surface area contributed by atoms with Gasteiger partial charge in [0, 0.05) is 12.0 Å². The number of ketones is 1. The molecule has 0 bridgehead atoms. The van der Waals surface area contributed by atoms with Crippen LogP contribution >= 0.6 is 0 Å². The number of hydrogen-bond acceptors (Lipinski definition) is 1. The molecule has 0 saturated heterocycles. The van der Waals surface area contributed by atoms with Crippen molar-refractivity contribution < 1.29 is 4.79 Å². The second-order valence-corrected chi connectivity index (χ2v) is 4.86. The van der Waals surface area contributed by atoms with E-state index in [4.69, 9.17) is 0 Å². The van der Waals surface area contributed by atoms with Crippen molar-refractivity contribution in [3.05, 3.63) is 71.3 Å². The number of rotatable bonds is 6. The summed E-state index contributed by atoms with van der Waals surface area (Å²) in [6.07, 6.45) is 3.70. The molecule has 0 amide bonds. The zero-order chi connectivity index (χ0) is 13.5. The van der Waals surface area contributed by atoms with E-state index in [1.54, 1.807) is 0 Å². The Balaban J connectivity index is 1.90. The zero-order valence-corrected chi connectivity index (χ0v) is 11.4. The van der Waals surface area contributed by atoms with Crippen molar-refractivity contribution in [2.75, 3.05) is 0 Å². The second-order valence-electron chi connectivity index (χ2n) is 4.86. The minimum atomic E-state index is 0.221. The summed E-state index contributed by atoms with van der Waals surface area (Å²) in [5.41, 5.74) is 3.43. The lowest BCUT2D eigenvalue weighted by Crippen LogP contribution is -2.00. The monoisotopic (exact) mass is 252 g/mol. The summed E-state index contributed by atoms with van der Waals surface area (Å²) in [5.74, 6) is 0.221. The van der Waals surface area contributed by atoms with Crippen LogP contribution in [0.3, 0.4) is 0 Å². The van der Waals surface area contributed by atoms with Gasteiger partial charge >= 0.3 is 0 Å². The van der Waals surface area contributed by atoms with Crippen LogP contribution < -0.4 is 0 Å². The summed E-state index contributed by atoms with van der Waals surface area (Å²) >= 11 is 0. The van der Waals surface area contributed by atoms with E-state index >= 15 is 0 Å². The molecule has 98 valence electrons. The summed E-state index contributed by atoms with van der Waals surface area (Å²) in [5, 5.41) is 0. The Bertz CT molecular complexity index is 511. The van der Waals surface area contributed by atoms with Crippen molar-refractivity contribution in [3.63, 3.8) is 0 Å². The third kappa shape index (κ3) is 4.06. The molecule has 0 spiro atoms. The summed E-state index contributed by atoms with van der Waals surface area (Å²) in [6.45, 7) is 2.19. The fraction of sp³-hybridized carbons (Fsp3) is 0.278. The highest BCUT2D eigenvalue weighted by Gasteiger charge is 2.05. The molecular formula is C18H20O. The van der Waals surface area contributed by atoms with Gasteiger partial charge < -0.3 is 0 Å². The maximum atomic E-state index is 12.0. The van der Waals surface area contributed by atoms with E-state index in [1.807, 2.05) is 30.3 Å². The van der Waals surface area contributed by atoms with Gasteiger partial charge in [-0.2, -0.15) is 0 Å². The van der Waals surface area contributed by atoms with Crippen molar-refractivity contribution in [1.29, 1.82) is 0 Å². The Hall–Kier alpha value is -1.89. The number of aryl methyl sites for hydroxylation is 2.